The molecule has 0 aliphatic carbocycles. The number of carbonyl (C=O) groups excluding carboxylic acids is 1. The molecular weight excluding hydrogens is 454 g/mol. The van der Waals surface area contributed by atoms with E-state index in [2.05, 4.69) is 10.4 Å². The number of fused-ring (bicyclic) bond motifs is 1. The van der Waals surface area contributed by atoms with Crippen LogP contribution >= 0.6 is 0 Å². The lowest BCUT2D eigenvalue weighted by atomic mass is 9.92. The predicted octanol–water partition coefficient (Wildman–Crippen LogP) is 5.45. The van der Waals surface area contributed by atoms with Crippen molar-refractivity contribution in [1.29, 1.82) is 0 Å². The summed E-state index contributed by atoms with van der Waals surface area (Å²) >= 11 is 0. The Balaban J connectivity index is 1.61. The highest BCUT2D eigenvalue weighted by atomic mass is 19.2. The molecule has 0 spiro atoms. The Hall–Kier alpha value is -3.46. The molecule has 1 N–H and O–H groups in total. The number of ether oxygens (including phenoxy) is 2. The van der Waals surface area contributed by atoms with Crippen LogP contribution in [-0.4, -0.2) is 42.1 Å². The van der Waals surface area contributed by atoms with Crippen LogP contribution in [0.25, 0.3) is 11.1 Å². The molecule has 1 aromatic heterocycles. The van der Waals surface area contributed by atoms with Gasteiger partial charge in [-0.15, -0.1) is 0 Å². The molecule has 0 saturated carbocycles. The number of piperidine rings is 1. The van der Waals surface area contributed by atoms with Crippen LogP contribution in [0, 0.1) is 11.6 Å². The maximum atomic E-state index is 14.0. The van der Waals surface area contributed by atoms with E-state index < -0.39 is 17.7 Å². The van der Waals surface area contributed by atoms with Gasteiger partial charge in [-0.05, 0) is 70.0 Å². The van der Waals surface area contributed by atoms with Gasteiger partial charge in [0, 0.05) is 35.0 Å². The Labute approximate surface area is 202 Å². The minimum absolute atomic E-state index is 0.0559. The van der Waals surface area contributed by atoms with Crippen molar-refractivity contribution in [1.82, 2.24) is 15.1 Å². The Kier molecular flexibility index (Phi) is 6.42. The van der Waals surface area contributed by atoms with Gasteiger partial charge in [-0.1, -0.05) is 0 Å². The molecule has 0 unspecified atom stereocenters. The molecule has 2 aromatic carbocycles. The number of hydrogen-bond acceptors (Lipinski definition) is 5. The van der Waals surface area contributed by atoms with Gasteiger partial charge >= 0.3 is 6.09 Å². The summed E-state index contributed by atoms with van der Waals surface area (Å²) in [7, 11) is 1.35. The van der Waals surface area contributed by atoms with Gasteiger partial charge in [-0.25, -0.2) is 13.6 Å². The van der Waals surface area contributed by atoms with Gasteiger partial charge in [0.05, 0.1) is 25.0 Å². The Morgan fingerprint density at radius 2 is 1.91 bits per heavy atom. The lowest BCUT2D eigenvalue weighted by Gasteiger charge is -2.35. The summed E-state index contributed by atoms with van der Waals surface area (Å²) in [6.45, 7) is 3.86. The first-order chi connectivity index (χ1) is 17.0. The van der Waals surface area contributed by atoms with E-state index in [1.54, 1.807) is 11.1 Å². The van der Waals surface area contributed by atoms with Gasteiger partial charge < -0.3 is 14.8 Å². The first-order valence-corrected chi connectivity index (χ1v) is 11.9. The topological polar surface area (TPSA) is 68.6 Å². The second-order valence-electron chi connectivity index (χ2n) is 9.04. The molecule has 1 atom stereocenters. The number of amides is 1. The second kappa shape index (κ2) is 9.65. The van der Waals surface area contributed by atoms with Crippen molar-refractivity contribution in [3.05, 3.63) is 59.9 Å². The molecule has 7 nitrogen and oxygen atoms in total. The zero-order valence-electron chi connectivity index (χ0n) is 19.8. The van der Waals surface area contributed by atoms with Crippen molar-refractivity contribution < 1.29 is 23.0 Å². The fourth-order valence-corrected chi connectivity index (χ4v) is 4.93. The summed E-state index contributed by atoms with van der Waals surface area (Å²) in [5.41, 5.74) is 3.12. The summed E-state index contributed by atoms with van der Waals surface area (Å²) in [4.78, 5) is 14.2. The number of hydrogen-bond donors (Lipinski definition) is 1. The molecule has 1 saturated heterocycles. The molecule has 3 heterocycles. The van der Waals surface area contributed by atoms with E-state index in [1.807, 2.05) is 29.9 Å². The number of aromatic nitrogens is 2. The Morgan fingerprint density at radius 1 is 1.11 bits per heavy atom. The molecule has 2 aliphatic rings. The number of rotatable bonds is 4. The molecule has 5 rings (SSSR count). The molecule has 0 radical (unpaired) electrons. The minimum Gasteiger partial charge on any atom is -0.456 e. The zero-order chi connectivity index (χ0) is 24.5. The third-order valence-corrected chi connectivity index (χ3v) is 6.83. The van der Waals surface area contributed by atoms with Gasteiger partial charge in [0.2, 0.25) is 0 Å². The number of benzene rings is 2. The Morgan fingerprint density at radius 3 is 2.66 bits per heavy atom. The van der Waals surface area contributed by atoms with Gasteiger partial charge in [-0.2, -0.15) is 5.10 Å². The van der Waals surface area contributed by atoms with Crippen LogP contribution in [0.1, 0.15) is 37.8 Å². The van der Waals surface area contributed by atoms with E-state index in [9.17, 15) is 13.6 Å². The lowest BCUT2D eigenvalue weighted by molar-refractivity contribution is 0.175. The third kappa shape index (κ3) is 4.48. The Bertz CT molecular complexity index is 1240. The van der Waals surface area contributed by atoms with Gasteiger partial charge in [0.15, 0.2) is 11.6 Å². The van der Waals surface area contributed by atoms with Crippen molar-refractivity contribution in [2.75, 3.05) is 25.1 Å². The van der Waals surface area contributed by atoms with Crippen LogP contribution in [0.15, 0.2) is 42.7 Å². The van der Waals surface area contributed by atoms with E-state index in [0.29, 0.717) is 30.3 Å². The van der Waals surface area contributed by atoms with Crippen LogP contribution in [0.2, 0.25) is 0 Å². The number of nitrogens with one attached hydrogen (secondary N) is 1. The standard InChI is InChI=1S/C26H28F2N4O3/c1-16-3-5-21-24(32(16)26(33)34-2)8-6-20(25(21)35-19-4-7-22(27)23(28)13-19)17-14-30-31(15-17)18-9-11-29-12-10-18/h4,6-8,13-16,18,29H,3,5,9-12H2,1-2H3/t16-/m0/s1. The van der Waals surface area contributed by atoms with Crippen molar-refractivity contribution >= 4 is 11.8 Å². The predicted molar refractivity (Wildman–Crippen MR) is 128 cm³/mol. The van der Waals surface area contributed by atoms with Gasteiger partial charge in [0.1, 0.15) is 11.5 Å². The van der Waals surface area contributed by atoms with Gasteiger partial charge in [0.25, 0.3) is 0 Å². The molecule has 3 aromatic rings. The number of carbonyl (C=O) groups is 1. The molecule has 1 amide bonds. The lowest BCUT2D eigenvalue weighted by Crippen LogP contribution is -2.42. The average molecular weight is 483 g/mol. The summed E-state index contributed by atoms with van der Waals surface area (Å²) in [6.07, 6.45) is 6.69. The van der Waals surface area contributed by atoms with E-state index >= 15 is 0 Å². The molecule has 1 fully saturated rings. The molecule has 0 bridgehead atoms. The molecule has 35 heavy (non-hydrogen) atoms. The summed E-state index contributed by atoms with van der Waals surface area (Å²) in [5.74, 6) is -1.26. The number of methoxy groups -OCH3 is 1. The quantitative estimate of drug-likeness (QED) is 0.535. The largest absolute Gasteiger partial charge is 0.456 e. The van der Waals surface area contributed by atoms with Crippen LogP contribution in [0.3, 0.4) is 0 Å². The second-order valence-corrected chi connectivity index (χ2v) is 9.04. The normalized spacial score (nSPS) is 18.3. The summed E-state index contributed by atoms with van der Waals surface area (Å²) < 4.78 is 40.8. The number of nitrogens with zero attached hydrogens (tertiary/aromatic N) is 3. The van der Waals surface area contributed by atoms with E-state index in [-0.39, 0.29) is 11.8 Å². The minimum atomic E-state index is -0.989. The highest BCUT2D eigenvalue weighted by Crippen LogP contribution is 2.45. The molecular formula is C26H28F2N4O3. The number of anilines is 1. The highest BCUT2D eigenvalue weighted by molar-refractivity contribution is 5.92. The fourth-order valence-electron chi connectivity index (χ4n) is 4.93. The summed E-state index contributed by atoms with van der Waals surface area (Å²) in [6, 6.07) is 7.48. The van der Waals surface area contributed by atoms with Crippen molar-refractivity contribution in [2.45, 2.75) is 44.7 Å². The van der Waals surface area contributed by atoms with Gasteiger partial charge in [-0.3, -0.25) is 9.58 Å². The maximum Gasteiger partial charge on any atom is 0.414 e. The van der Waals surface area contributed by atoms with Crippen molar-refractivity contribution in [2.24, 2.45) is 0 Å². The van der Waals surface area contributed by atoms with Crippen LogP contribution < -0.4 is 15.0 Å². The number of halogens is 2. The van der Waals surface area contributed by atoms with Crippen LogP contribution in [-0.2, 0) is 11.2 Å². The summed E-state index contributed by atoms with van der Waals surface area (Å²) in [5, 5.41) is 7.97. The third-order valence-electron chi connectivity index (χ3n) is 6.83. The van der Waals surface area contributed by atoms with E-state index in [1.165, 1.54) is 13.2 Å². The van der Waals surface area contributed by atoms with Crippen molar-refractivity contribution in [3.8, 4) is 22.6 Å². The van der Waals surface area contributed by atoms with E-state index in [0.717, 1.165) is 54.8 Å². The first kappa shape index (κ1) is 23.3. The van der Waals surface area contributed by atoms with E-state index in [4.69, 9.17) is 9.47 Å². The SMILES string of the molecule is COC(=O)N1c2ccc(-c3cnn(C4CCNCC4)c3)c(Oc3ccc(F)c(F)c3)c2CC[C@@H]1C. The molecule has 9 heteroatoms. The van der Waals surface area contributed by atoms with Crippen molar-refractivity contribution in [3.63, 3.8) is 0 Å². The van der Waals surface area contributed by atoms with Crippen LogP contribution in [0.4, 0.5) is 19.3 Å². The maximum absolute atomic E-state index is 14.0. The first-order valence-electron chi connectivity index (χ1n) is 11.9. The van der Waals surface area contributed by atoms with Crippen LogP contribution in [0.5, 0.6) is 11.5 Å². The monoisotopic (exact) mass is 482 g/mol. The highest BCUT2D eigenvalue weighted by Gasteiger charge is 2.32. The molecule has 2 aliphatic heterocycles. The molecule has 184 valence electrons. The zero-order valence-corrected chi connectivity index (χ0v) is 19.8. The average Bonchev–Trinajstić information content (AvgIpc) is 3.36. The smallest absolute Gasteiger partial charge is 0.414 e. The fraction of sp³-hybridized carbons (Fsp3) is 0.385.